The SMILES string of the molecule is CCCN(CCC)S(=O)(=O)Nc1nc(CC(=O)O)cs1. The van der Waals surface area contributed by atoms with Crippen molar-refractivity contribution in [3.05, 3.63) is 11.1 Å². The second kappa shape index (κ2) is 7.55. The number of nitrogens with zero attached hydrogens (tertiary/aromatic N) is 2. The summed E-state index contributed by atoms with van der Waals surface area (Å²) in [6.07, 6.45) is 1.23. The van der Waals surface area contributed by atoms with Crippen LogP contribution in [-0.2, 0) is 21.4 Å². The van der Waals surface area contributed by atoms with Crippen LogP contribution in [0.2, 0.25) is 0 Å². The molecular weight excluding hydrogens is 302 g/mol. The van der Waals surface area contributed by atoms with E-state index in [2.05, 4.69) is 9.71 Å². The van der Waals surface area contributed by atoms with E-state index in [1.165, 1.54) is 9.69 Å². The largest absolute Gasteiger partial charge is 0.481 e. The first kappa shape index (κ1) is 16.9. The summed E-state index contributed by atoms with van der Waals surface area (Å²) < 4.78 is 28.1. The molecule has 2 N–H and O–H groups in total. The number of aliphatic carboxylic acids is 1. The number of hydrogen-bond donors (Lipinski definition) is 2. The minimum atomic E-state index is -3.63. The lowest BCUT2D eigenvalue weighted by atomic mass is 10.3. The summed E-state index contributed by atoms with van der Waals surface area (Å²) in [5.74, 6) is -0.997. The van der Waals surface area contributed by atoms with Gasteiger partial charge in [-0.3, -0.25) is 4.79 Å². The summed E-state index contributed by atoms with van der Waals surface area (Å²) in [7, 11) is -3.63. The summed E-state index contributed by atoms with van der Waals surface area (Å²) >= 11 is 1.08. The Balaban J connectivity index is 2.78. The van der Waals surface area contributed by atoms with Gasteiger partial charge in [0.2, 0.25) is 0 Å². The maximum absolute atomic E-state index is 12.2. The molecule has 0 amide bonds. The van der Waals surface area contributed by atoms with Crippen LogP contribution < -0.4 is 4.72 Å². The molecule has 0 saturated carbocycles. The molecule has 1 aromatic rings. The maximum Gasteiger partial charge on any atom is 0.309 e. The van der Waals surface area contributed by atoms with Gasteiger partial charge in [0, 0.05) is 18.5 Å². The van der Waals surface area contributed by atoms with E-state index in [4.69, 9.17) is 5.11 Å². The van der Waals surface area contributed by atoms with Crippen LogP contribution in [0.3, 0.4) is 0 Å². The molecule has 0 aromatic carbocycles. The van der Waals surface area contributed by atoms with Gasteiger partial charge in [0.1, 0.15) is 0 Å². The molecule has 0 aliphatic rings. The van der Waals surface area contributed by atoms with Crippen LogP contribution in [0.15, 0.2) is 5.38 Å². The zero-order chi connectivity index (χ0) is 15.2. The highest BCUT2D eigenvalue weighted by Gasteiger charge is 2.21. The number of hydrogen-bond acceptors (Lipinski definition) is 5. The van der Waals surface area contributed by atoms with Gasteiger partial charge in [0.15, 0.2) is 5.13 Å². The summed E-state index contributed by atoms with van der Waals surface area (Å²) in [5.41, 5.74) is 0.345. The van der Waals surface area contributed by atoms with Crippen molar-refractivity contribution in [2.75, 3.05) is 17.8 Å². The van der Waals surface area contributed by atoms with Crippen molar-refractivity contribution in [2.45, 2.75) is 33.1 Å². The average Bonchev–Trinajstić information content (AvgIpc) is 2.74. The standard InChI is InChI=1S/C11H19N3O4S2/c1-3-5-14(6-4-2)20(17,18)13-11-12-9(8-19-11)7-10(15)16/h8H,3-7H2,1-2H3,(H,12,13)(H,15,16). The Morgan fingerprint density at radius 1 is 1.40 bits per heavy atom. The fourth-order valence-corrected chi connectivity index (χ4v) is 3.92. The molecule has 1 heterocycles. The molecule has 0 unspecified atom stereocenters. The van der Waals surface area contributed by atoms with Crippen LogP contribution >= 0.6 is 11.3 Å². The van der Waals surface area contributed by atoms with Crippen molar-refractivity contribution in [1.82, 2.24) is 9.29 Å². The Morgan fingerprint density at radius 2 is 2.00 bits per heavy atom. The van der Waals surface area contributed by atoms with E-state index >= 15 is 0 Å². The van der Waals surface area contributed by atoms with Crippen LogP contribution in [0.4, 0.5) is 5.13 Å². The van der Waals surface area contributed by atoms with Crippen LogP contribution in [0.1, 0.15) is 32.4 Å². The monoisotopic (exact) mass is 321 g/mol. The molecule has 9 heteroatoms. The highest BCUT2D eigenvalue weighted by Crippen LogP contribution is 2.18. The highest BCUT2D eigenvalue weighted by atomic mass is 32.2. The third kappa shape index (κ3) is 5.06. The van der Waals surface area contributed by atoms with E-state index < -0.39 is 16.2 Å². The molecule has 0 saturated heterocycles. The van der Waals surface area contributed by atoms with E-state index in [9.17, 15) is 13.2 Å². The number of anilines is 1. The zero-order valence-electron chi connectivity index (χ0n) is 11.5. The number of rotatable bonds is 9. The molecule has 0 radical (unpaired) electrons. The smallest absolute Gasteiger partial charge is 0.309 e. The fraction of sp³-hybridized carbons (Fsp3) is 0.636. The van der Waals surface area contributed by atoms with Crippen molar-refractivity contribution in [2.24, 2.45) is 0 Å². The van der Waals surface area contributed by atoms with Gasteiger partial charge in [0.25, 0.3) is 0 Å². The Bertz CT molecular complexity index is 536. The van der Waals surface area contributed by atoms with Gasteiger partial charge in [-0.25, -0.2) is 9.71 Å². The van der Waals surface area contributed by atoms with E-state index in [0.717, 1.165) is 24.2 Å². The van der Waals surface area contributed by atoms with Crippen molar-refractivity contribution in [3.63, 3.8) is 0 Å². The van der Waals surface area contributed by atoms with Crippen molar-refractivity contribution < 1.29 is 18.3 Å². The fourth-order valence-electron chi connectivity index (χ4n) is 1.62. The first-order valence-electron chi connectivity index (χ1n) is 6.33. The van der Waals surface area contributed by atoms with Crippen LogP contribution in [0.5, 0.6) is 0 Å². The second-order valence-corrected chi connectivity index (χ2v) is 6.75. The summed E-state index contributed by atoms with van der Waals surface area (Å²) in [6, 6.07) is 0. The minimum Gasteiger partial charge on any atom is -0.481 e. The molecule has 0 aliphatic heterocycles. The van der Waals surface area contributed by atoms with E-state index in [0.29, 0.717) is 18.8 Å². The lowest BCUT2D eigenvalue weighted by Gasteiger charge is -2.20. The van der Waals surface area contributed by atoms with Gasteiger partial charge < -0.3 is 5.11 Å². The quantitative estimate of drug-likeness (QED) is 0.719. The molecule has 114 valence electrons. The van der Waals surface area contributed by atoms with E-state index in [-0.39, 0.29) is 11.6 Å². The predicted octanol–water partition coefficient (Wildman–Crippen LogP) is 1.55. The number of carboxylic acid groups (broad SMARTS) is 1. The first-order chi connectivity index (χ1) is 9.39. The molecule has 1 aromatic heterocycles. The van der Waals surface area contributed by atoms with Gasteiger partial charge in [-0.1, -0.05) is 13.8 Å². The lowest BCUT2D eigenvalue weighted by molar-refractivity contribution is -0.136. The van der Waals surface area contributed by atoms with E-state index in [1.54, 1.807) is 0 Å². The molecule has 0 aliphatic carbocycles. The second-order valence-electron chi connectivity index (χ2n) is 4.22. The van der Waals surface area contributed by atoms with E-state index in [1.807, 2.05) is 13.8 Å². The van der Waals surface area contributed by atoms with Gasteiger partial charge in [-0.05, 0) is 12.8 Å². The number of carbonyl (C=O) groups is 1. The Morgan fingerprint density at radius 3 is 2.50 bits per heavy atom. The zero-order valence-corrected chi connectivity index (χ0v) is 13.1. The average molecular weight is 321 g/mol. The van der Waals surface area contributed by atoms with Gasteiger partial charge in [-0.2, -0.15) is 12.7 Å². The summed E-state index contributed by atoms with van der Waals surface area (Å²) in [4.78, 5) is 14.5. The van der Waals surface area contributed by atoms with Crippen molar-refractivity contribution >= 4 is 32.6 Å². The maximum atomic E-state index is 12.2. The molecule has 0 bridgehead atoms. The number of aromatic nitrogens is 1. The van der Waals surface area contributed by atoms with Gasteiger partial charge in [0.05, 0.1) is 12.1 Å². The Hall–Kier alpha value is -1.19. The summed E-state index contributed by atoms with van der Waals surface area (Å²) in [6.45, 7) is 4.70. The molecular formula is C11H19N3O4S2. The third-order valence-corrected chi connectivity index (χ3v) is 4.82. The van der Waals surface area contributed by atoms with Crippen LogP contribution in [-0.4, -0.2) is 41.9 Å². The van der Waals surface area contributed by atoms with Gasteiger partial charge in [-0.15, -0.1) is 11.3 Å². The molecule has 0 spiro atoms. The number of nitrogens with one attached hydrogen (secondary N) is 1. The normalized spacial score (nSPS) is 11.8. The van der Waals surface area contributed by atoms with Crippen molar-refractivity contribution in [1.29, 1.82) is 0 Å². The molecule has 7 nitrogen and oxygen atoms in total. The first-order valence-corrected chi connectivity index (χ1v) is 8.65. The van der Waals surface area contributed by atoms with Crippen LogP contribution in [0, 0.1) is 0 Å². The number of thiazole rings is 1. The Kier molecular flexibility index (Phi) is 6.37. The topological polar surface area (TPSA) is 99.6 Å². The molecule has 1 rings (SSSR count). The third-order valence-electron chi connectivity index (χ3n) is 2.39. The highest BCUT2D eigenvalue weighted by molar-refractivity contribution is 7.90. The predicted molar refractivity (Wildman–Crippen MR) is 78.2 cm³/mol. The van der Waals surface area contributed by atoms with Gasteiger partial charge >= 0.3 is 16.2 Å². The Labute approximate surface area is 122 Å². The lowest BCUT2D eigenvalue weighted by Crippen LogP contribution is -2.37. The van der Waals surface area contributed by atoms with Crippen LogP contribution in [0.25, 0.3) is 0 Å². The molecule has 20 heavy (non-hydrogen) atoms. The molecule has 0 fully saturated rings. The van der Waals surface area contributed by atoms with Crippen molar-refractivity contribution in [3.8, 4) is 0 Å². The molecule has 0 atom stereocenters. The summed E-state index contributed by atoms with van der Waals surface area (Å²) in [5, 5.41) is 10.4. The minimum absolute atomic E-state index is 0.193. The number of carboxylic acids is 1.